The van der Waals surface area contributed by atoms with Crippen LogP contribution >= 0.6 is 0 Å². The van der Waals surface area contributed by atoms with Crippen LogP contribution in [0, 0.1) is 11.6 Å². The minimum atomic E-state index is -1.29. The first kappa shape index (κ1) is 35.7. The van der Waals surface area contributed by atoms with Crippen LogP contribution in [0.3, 0.4) is 0 Å². The number of para-hydroxylation sites is 2. The Morgan fingerprint density at radius 3 is 2.00 bits per heavy atom. The highest BCUT2D eigenvalue weighted by Crippen LogP contribution is 2.43. The largest absolute Gasteiger partial charge is 0.487 e. The number of hydrogen-bond acceptors (Lipinski definition) is 5. The van der Waals surface area contributed by atoms with Crippen LogP contribution in [0.15, 0.2) is 109 Å². The van der Waals surface area contributed by atoms with Crippen molar-refractivity contribution >= 4 is 23.6 Å². The lowest BCUT2D eigenvalue weighted by molar-refractivity contribution is -0.139. The van der Waals surface area contributed by atoms with Gasteiger partial charge in [0.05, 0.1) is 24.3 Å². The third kappa shape index (κ3) is 8.71. The fourth-order valence-electron chi connectivity index (χ4n) is 5.79. The summed E-state index contributed by atoms with van der Waals surface area (Å²) in [7, 11) is 0. The van der Waals surface area contributed by atoms with E-state index in [-0.39, 0.29) is 24.8 Å². The molecule has 0 aliphatic heterocycles. The molecule has 0 fully saturated rings. The molecular weight excluding hydrogens is 642 g/mol. The lowest BCUT2D eigenvalue weighted by atomic mass is 9.94. The number of carbonyl (C=O) groups excluding carboxylic acids is 1. The van der Waals surface area contributed by atoms with Crippen molar-refractivity contribution in [2.24, 2.45) is 0 Å². The van der Waals surface area contributed by atoms with Crippen LogP contribution in [0.2, 0.25) is 0 Å². The highest BCUT2D eigenvalue weighted by Gasteiger charge is 2.30. The first-order valence-electron chi connectivity index (χ1n) is 16.1. The molecule has 0 radical (unpaired) electrons. The molecule has 0 aliphatic carbocycles. The zero-order chi connectivity index (χ0) is 35.8. The zero-order valence-electron chi connectivity index (χ0n) is 27.6. The molecule has 4 aromatic carbocycles. The maximum Gasteiger partial charge on any atom is 0.305 e. The topological polar surface area (TPSA) is 121 Å². The molecule has 0 bridgehead atoms. The number of carboxylic acids is 1. The van der Waals surface area contributed by atoms with E-state index in [2.05, 4.69) is 5.32 Å². The number of aliphatic hydroxyl groups excluding tert-OH is 2. The number of anilines is 1. The predicted octanol–water partition coefficient (Wildman–Crippen LogP) is 8.11. The van der Waals surface area contributed by atoms with Gasteiger partial charge in [0.2, 0.25) is 0 Å². The van der Waals surface area contributed by atoms with Crippen molar-refractivity contribution in [3.8, 4) is 28.0 Å². The molecule has 8 nitrogen and oxygen atoms in total. The van der Waals surface area contributed by atoms with Gasteiger partial charge in [0, 0.05) is 29.3 Å². The zero-order valence-corrected chi connectivity index (χ0v) is 27.6. The van der Waals surface area contributed by atoms with E-state index in [0.29, 0.717) is 39.4 Å². The number of aliphatic hydroxyl groups is 2. The van der Waals surface area contributed by atoms with E-state index in [1.54, 1.807) is 59.2 Å². The molecule has 5 rings (SSSR count). The number of carbonyl (C=O) groups is 2. The Balaban J connectivity index is 1.67. The van der Waals surface area contributed by atoms with E-state index >= 15 is 0 Å². The molecule has 4 N–H and O–H groups in total. The van der Waals surface area contributed by atoms with Crippen LogP contribution in [0.1, 0.15) is 54.5 Å². The summed E-state index contributed by atoms with van der Waals surface area (Å²) in [4.78, 5) is 25.7. The number of nitrogens with one attached hydrogen (secondary N) is 1. The number of benzene rings is 4. The summed E-state index contributed by atoms with van der Waals surface area (Å²) in [6, 6.07) is 27.7. The van der Waals surface area contributed by atoms with Crippen LogP contribution in [-0.4, -0.2) is 44.0 Å². The lowest BCUT2D eigenvalue weighted by Crippen LogP contribution is -2.20. The summed E-state index contributed by atoms with van der Waals surface area (Å²) in [5.74, 6) is -2.20. The van der Waals surface area contributed by atoms with Crippen molar-refractivity contribution in [2.45, 2.75) is 51.5 Å². The number of nitrogens with zero attached hydrogens (tertiary/aromatic N) is 1. The van der Waals surface area contributed by atoms with Crippen LogP contribution in [0.4, 0.5) is 14.5 Å². The van der Waals surface area contributed by atoms with Crippen molar-refractivity contribution in [1.82, 2.24) is 4.57 Å². The van der Waals surface area contributed by atoms with E-state index in [9.17, 15) is 28.6 Å². The second kappa shape index (κ2) is 16.2. The Hall–Kier alpha value is -5.58. The van der Waals surface area contributed by atoms with Gasteiger partial charge in [-0.05, 0) is 73.0 Å². The van der Waals surface area contributed by atoms with Gasteiger partial charge in [0.15, 0.2) is 0 Å². The standard InChI is InChI=1S/C40H38F2N2O6/c1-25(2)44-34(21-20-31(45)22-32(46)23-36(47)48)37(27-12-16-29(41)17-13-27)38(28-14-18-30(42)19-15-28)39(44)40(49)43-33-10-6-7-11-35(33)50-24-26-8-4-3-5-9-26/h3-21,25,31-32,45-46H,22-24H2,1-2H3,(H,43,49)(H,47,48)/t31-,32-/m1/s1. The van der Waals surface area contributed by atoms with E-state index in [0.717, 1.165) is 5.56 Å². The van der Waals surface area contributed by atoms with Crippen LogP contribution in [-0.2, 0) is 11.4 Å². The SMILES string of the molecule is CC(C)n1c(C=C[C@@H](O)C[C@@H](O)CC(=O)O)c(-c2ccc(F)cc2)c(-c2ccc(F)cc2)c1C(=O)Nc1ccccc1OCc1ccccc1. The van der Waals surface area contributed by atoms with E-state index in [1.165, 1.54) is 30.3 Å². The van der Waals surface area contributed by atoms with Gasteiger partial charge in [-0.25, -0.2) is 8.78 Å². The molecule has 0 saturated heterocycles. The summed E-state index contributed by atoms with van der Waals surface area (Å²) in [5.41, 5.74) is 4.04. The minimum absolute atomic E-state index is 0.212. The fraction of sp³-hybridized carbons (Fsp3) is 0.200. The number of aromatic nitrogens is 1. The minimum Gasteiger partial charge on any atom is -0.487 e. The second-order valence-corrected chi connectivity index (χ2v) is 12.1. The molecule has 1 heterocycles. The fourth-order valence-corrected chi connectivity index (χ4v) is 5.79. The van der Waals surface area contributed by atoms with Gasteiger partial charge in [0.25, 0.3) is 5.91 Å². The molecule has 1 amide bonds. The van der Waals surface area contributed by atoms with Crippen molar-refractivity contribution < 1.29 is 38.4 Å². The molecule has 0 aliphatic rings. The first-order valence-corrected chi connectivity index (χ1v) is 16.1. The molecule has 0 unspecified atom stereocenters. The molecule has 5 aromatic rings. The Kier molecular flexibility index (Phi) is 11.6. The molecule has 2 atom stereocenters. The van der Waals surface area contributed by atoms with Gasteiger partial charge < -0.3 is 29.9 Å². The number of rotatable bonds is 14. The number of ether oxygens (including phenoxy) is 1. The third-order valence-corrected chi connectivity index (χ3v) is 8.01. The Morgan fingerprint density at radius 1 is 0.820 bits per heavy atom. The van der Waals surface area contributed by atoms with Gasteiger partial charge >= 0.3 is 5.97 Å². The van der Waals surface area contributed by atoms with Gasteiger partial charge in [0.1, 0.15) is 29.7 Å². The molecular formula is C40H38F2N2O6. The van der Waals surface area contributed by atoms with Crippen LogP contribution < -0.4 is 10.1 Å². The van der Waals surface area contributed by atoms with Gasteiger partial charge in [-0.3, -0.25) is 9.59 Å². The lowest BCUT2D eigenvalue weighted by Gasteiger charge is -2.18. The van der Waals surface area contributed by atoms with Crippen molar-refractivity contribution in [1.29, 1.82) is 0 Å². The maximum absolute atomic E-state index is 14.6. The second-order valence-electron chi connectivity index (χ2n) is 12.1. The number of hydrogen-bond donors (Lipinski definition) is 4. The normalized spacial score (nSPS) is 12.6. The number of carboxylic acid groups (broad SMARTS) is 1. The molecule has 10 heteroatoms. The number of amides is 1. The summed E-state index contributed by atoms with van der Waals surface area (Å²) in [5, 5.41) is 33.0. The Bertz CT molecular complexity index is 1950. The molecule has 0 saturated carbocycles. The van der Waals surface area contributed by atoms with Gasteiger partial charge in [-0.2, -0.15) is 0 Å². The monoisotopic (exact) mass is 680 g/mol. The van der Waals surface area contributed by atoms with E-state index in [4.69, 9.17) is 9.84 Å². The Labute approximate surface area is 288 Å². The smallest absolute Gasteiger partial charge is 0.305 e. The van der Waals surface area contributed by atoms with Gasteiger partial charge in [-0.1, -0.05) is 72.8 Å². The number of aliphatic carboxylic acids is 1. The highest BCUT2D eigenvalue weighted by atomic mass is 19.1. The summed E-state index contributed by atoms with van der Waals surface area (Å²) >= 11 is 0. The van der Waals surface area contributed by atoms with Crippen LogP contribution in [0.5, 0.6) is 5.75 Å². The third-order valence-electron chi connectivity index (χ3n) is 8.01. The molecule has 1 aromatic heterocycles. The quantitative estimate of drug-likeness (QED) is 0.0941. The summed E-state index contributed by atoms with van der Waals surface area (Å²) in [6.07, 6.45) is -0.298. The average Bonchev–Trinajstić information content (AvgIpc) is 3.43. The summed E-state index contributed by atoms with van der Waals surface area (Å²) < 4.78 is 36.3. The Morgan fingerprint density at radius 2 is 1.40 bits per heavy atom. The number of halogens is 2. The van der Waals surface area contributed by atoms with Crippen molar-refractivity contribution in [3.05, 3.63) is 138 Å². The molecule has 50 heavy (non-hydrogen) atoms. The summed E-state index contributed by atoms with van der Waals surface area (Å²) in [6.45, 7) is 4.02. The van der Waals surface area contributed by atoms with E-state index in [1.807, 2.05) is 44.2 Å². The predicted molar refractivity (Wildman–Crippen MR) is 189 cm³/mol. The molecule has 258 valence electrons. The average molecular weight is 681 g/mol. The van der Waals surface area contributed by atoms with Crippen molar-refractivity contribution in [2.75, 3.05) is 5.32 Å². The first-order chi connectivity index (χ1) is 24.0. The van der Waals surface area contributed by atoms with Gasteiger partial charge in [-0.15, -0.1) is 0 Å². The van der Waals surface area contributed by atoms with Crippen LogP contribution in [0.25, 0.3) is 28.3 Å². The van der Waals surface area contributed by atoms with Crippen molar-refractivity contribution in [3.63, 3.8) is 0 Å². The van der Waals surface area contributed by atoms with E-state index < -0.39 is 42.1 Å². The highest BCUT2D eigenvalue weighted by molar-refractivity contribution is 6.12. The molecule has 0 spiro atoms. The maximum atomic E-state index is 14.6.